The highest BCUT2D eigenvalue weighted by molar-refractivity contribution is 5.96. The number of carbonyl (C=O) groups is 6. The molecule has 1 aromatic rings. The third-order valence-electron chi connectivity index (χ3n) is 5.31. The van der Waals surface area contributed by atoms with Crippen LogP contribution < -0.4 is 33.2 Å². The van der Waals surface area contributed by atoms with Crippen LogP contribution in [0.1, 0.15) is 45.1 Å². The van der Waals surface area contributed by atoms with Crippen LogP contribution in [0.5, 0.6) is 0 Å². The van der Waals surface area contributed by atoms with E-state index < -0.39 is 66.1 Å². The van der Waals surface area contributed by atoms with Gasteiger partial charge in [-0.2, -0.15) is 0 Å². The van der Waals surface area contributed by atoms with E-state index in [1.807, 2.05) is 13.8 Å². The molecule has 0 fully saturated rings. The number of benzene rings is 1. The van der Waals surface area contributed by atoms with Crippen LogP contribution in [0.3, 0.4) is 0 Å². The van der Waals surface area contributed by atoms with Gasteiger partial charge in [-0.25, -0.2) is 4.79 Å². The number of primary amides is 2. The van der Waals surface area contributed by atoms with Crippen molar-refractivity contribution in [2.24, 2.45) is 23.1 Å². The van der Waals surface area contributed by atoms with E-state index in [1.54, 1.807) is 30.3 Å². The highest BCUT2D eigenvalue weighted by Crippen LogP contribution is 2.07. The van der Waals surface area contributed by atoms with Crippen molar-refractivity contribution in [2.45, 2.75) is 70.1 Å². The van der Waals surface area contributed by atoms with Crippen LogP contribution in [0.15, 0.2) is 30.3 Å². The molecule has 1 aromatic carbocycles. The van der Waals surface area contributed by atoms with E-state index in [0.717, 1.165) is 0 Å². The lowest BCUT2D eigenvalue weighted by Crippen LogP contribution is -2.58. The quantitative estimate of drug-likeness (QED) is 0.132. The van der Waals surface area contributed by atoms with E-state index in [4.69, 9.17) is 17.2 Å². The van der Waals surface area contributed by atoms with E-state index in [-0.39, 0.29) is 25.2 Å². The second-order valence-corrected chi connectivity index (χ2v) is 9.12. The zero-order valence-electron chi connectivity index (χ0n) is 20.9. The standard InChI is InChI=1S/C24H36N6O7/c1-13(2)10-15(25)21(33)29-17(12-20(27)32)23(35)28-16(8-9-19(26)31)22(34)30-18(24(36)37)11-14-6-4-3-5-7-14/h3-7,13,15-18H,8-12,25H2,1-2H3,(H2,26,31)(H2,27,32)(H,28,35)(H,29,33)(H,30,34)(H,36,37). The van der Waals surface area contributed by atoms with Crippen LogP contribution >= 0.6 is 0 Å². The average Bonchev–Trinajstić information content (AvgIpc) is 2.80. The Morgan fingerprint density at radius 3 is 1.86 bits per heavy atom. The molecule has 4 unspecified atom stereocenters. The maximum absolute atomic E-state index is 13.0. The zero-order chi connectivity index (χ0) is 28.1. The first-order valence-electron chi connectivity index (χ1n) is 11.8. The summed E-state index contributed by atoms with van der Waals surface area (Å²) in [6.45, 7) is 3.70. The fourth-order valence-corrected chi connectivity index (χ4v) is 3.45. The average molecular weight is 521 g/mol. The summed E-state index contributed by atoms with van der Waals surface area (Å²) < 4.78 is 0. The monoisotopic (exact) mass is 520 g/mol. The molecule has 0 aliphatic carbocycles. The van der Waals surface area contributed by atoms with Crippen LogP contribution in [-0.2, 0) is 35.2 Å². The van der Waals surface area contributed by atoms with Crippen molar-refractivity contribution in [2.75, 3.05) is 0 Å². The first-order valence-corrected chi connectivity index (χ1v) is 11.8. The van der Waals surface area contributed by atoms with Gasteiger partial charge in [-0.3, -0.25) is 24.0 Å². The Labute approximate surface area is 214 Å². The second-order valence-electron chi connectivity index (χ2n) is 9.12. The third kappa shape index (κ3) is 12.0. The molecule has 0 aliphatic rings. The molecule has 1 rings (SSSR count). The van der Waals surface area contributed by atoms with Gasteiger partial charge in [0.25, 0.3) is 0 Å². The Hall–Kier alpha value is -4.00. The van der Waals surface area contributed by atoms with Crippen molar-refractivity contribution >= 4 is 35.5 Å². The summed E-state index contributed by atoms with van der Waals surface area (Å²) in [7, 11) is 0. The summed E-state index contributed by atoms with van der Waals surface area (Å²) >= 11 is 0. The molecule has 0 aromatic heterocycles. The number of hydrogen-bond donors (Lipinski definition) is 7. The van der Waals surface area contributed by atoms with Crippen LogP contribution in [0.25, 0.3) is 0 Å². The Balaban J connectivity index is 3.04. The fraction of sp³-hybridized carbons (Fsp3) is 0.500. The lowest BCUT2D eigenvalue weighted by molar-refractivity contribution is -0.142. The number of aliphatic carboxylic acids is 1. The molecule has 0 saturated carbocycles. The van der Waals surface area contributed by atoms with Gasteiger partial charge < -0.3 is 38.3 Å². The third-order valence-corrected chi connectivity index (χ3v) is 5.31. The van der Waals surface area contributed by atoms with E-state index in [1.165, 1.54) is 0 Å². The van der Waals surface area contributed by atoms with Crippen LogP contribution in [-0.4, -0.2) is 64.8 Å². The largest absolute Gasteiger partial charge is 0.480 e. The summed E-state index contributed by atoms with van der Waals surface area (Å²) in [6.07, 6.45) is -0.859. The molecule has 37 heavy (non-hydrogen) atoms. The highest BCUT2D eigenvalue weighted by Gasteiger charge is 2.31. The molecular formula is C24H36N6O7. The Bertz CT molecular complexity index is 970. The number of carboxylic acid groups (broad SMARTS) is 1. The number of nitrogens with one attached hydrogen (secondary N) is 3. The first kappa shape index (κ1) is 31.0. The fourth-order valence-electron chi connectivity index (χ4n) is 3.45. The van der Waals surface area contributed by atoms with Gasteiger partial charge in [-0.1, -0.05) is 44.2 Å². The zero-order valence-corrected chi connectivity index (χ0v) is 20.9. The Morgan fingerprint density at radius 1 is 0.811 bits per heavy atom. The van der Waals surface area contributed by atoms with Gasteiger partial charge in [0.2, 0.25) is 29.5 Å². The lowest BCUT2D eigenvalue weighted by Gasteiger charge is -2.25. The number of rotatable bonds is 16. The van der Waals surface area contributed by atoms with Crippen molar-refractivity contribution < 1.29 is 33.9 Å². The van der Waals surface area contributed by atoms with Crippen LogP contribution in [0.2, 0.25) is 0 Å². The van der Waals surface area contributed by atoms with Gasteiger partial charge in [0.05, 0.1) is 12.5 Å². The topological polar surface area (TPSA) is 237 Å². The number of amides is 5. The molecule has 0 radical (unpaired) electrons. The molecule has 5 amide bonds. The maximum atomic E-state index is 13.0. The van der Waals surface area contributed by atoms with Crippen molar-refractivity contribution in [3.8, 4) is 0 Å². The minimum Gasteiger partial charge on any atom is -0.480 e. The number of carbonyl (C=O) groups excluding carboxylic acids is 5. The van der Waals surface area contributed by atoms with Gasteiger partial charge in [0.15, 0.2) is 0 Å². The van der Waals surface area contributed by atoms with Crippen molar-refractivity contribution in [3.05, 3.63) is 35.9 Å². The van der Waals surface area contributed by atoms with E-state index >= 15 is 0 Å². The molecule has 0 bridgehead atoms. The smallest absolute Gasteiger partial charge is 0.326 e. The summed E-state index contributed by atoms with van der Waals surface area (Å²) in [5.41, 5.74) is 16.9. The van der Waals surface area contributed by atoms with Gasteiger partial charge in [0, 0.05) is 12.8 Å². The number of nitrogens with two attached hydrogens (primary N) is 3. The Morgan fingerprint density at radius 2 is 1.35 bits per heavy atom. The summed E-state index contributed by atoms with van der Waals surface area (Å²) in [6, 6.07) is 3.43. The van der Waals surface area contributed by atoms with E-state index in [0.29, 0.717) is 12.0 Å². The molecule has 13 heteroatoms. The van der Waals surface area contributed by atoms with E-state index in [2.05, 4.69) is 16.0 Å². The highest BCUT2D eigenvalue weighted by atomic mass is 16.4. The van der Waals surface area contributed by atoms with Crippen molar-refractivity contribution in [1.29, 1.82) is 0 Å². The summed E-state index contributed by atoms with van der Waals surface area (Å²) in [5.74, 6) is -5.40. The van der Waals surface area contributed by atoms with Gasteiger partial charge in [-0.15, -0.1) is 0 Å². The Kier molecular flexibility index (Phi) is 12.7. The predicted molar refractivity (Wildman–Crippen MR) is 133 cm³/mol. The van der Waals surface area contributed by atoms with Crippen molar-refractivity contribution in [1.82, 2.24) is 16.0 Å². The van der Waals surface area contributed by atoms with E-state index in [9.17, 15) is 33.9 Å². The lowest BCUT2D eigenvalue weighted by atomic mass is 10.0. The van der Waals surface area contributed by atoms with Gasteiger partial charge in [-0.05, 0) is 24.3 Å². The van der Waals surface area contributed by atoms with Gasteiger partial charge >= 0.3 is 5.97 Å². The molecule has 0 saturated heterocycles. The molecule has 4 atom stereocenters. The molecule has 13 nitrogen and oxygen atoms in total. The number of carboxylic acids is 1. The van der Waals surface area contributed by atoms with Crippen molar-refractivity contribution in [3.63, 3.8) is 0 Å². The minimum atomic E-state index is -1.45. The molecule has 0 heterocycles. The minimum absolute atomic E-state index is 0.0352. The molecule has 10 N–H and O–H groups in total. The summed E-state index contributed by atoms with van der Waals surface area (Å²) in [5, 5.41) is 16.6. The maximum Gasteiger partial charge on any atom is 0.326 e. The SMILES string of the molecule is CC(C)CC(N)C(=O)NC(CC(N)=O)C(=O)NC(CCC(N)=O)C(=O)NC(Cc1ccccc1)C(=O)O. The normalized spacial score (nSPS) is 14.1. The first-order chi connectivity index (χ1) is 17.3. The molecular weight excluding hydrogens is 484 g/mol. The molecule has 204 valence electrons. The van der Waals surface area contributed by atoms with Crippen LogP contribution in [0, 0.1) is 5.92 Å². The van der Waals surface area contributed by atoms with Crippen LogP contribution in [0.4, 0.5) is 0 Å². The number of hydrogen-bond acceptors (Lipinski definition) is 7. The molecule has 0 spiro atoms. The predicted octanol–water partition coefficient (Wildman–Crippen LogP) is -1.72. The molecule has 0 aliphatic heterocycles. The van der Waals surface area contributed by atoms with Gasteiger partial charge in [0.1, 0.15) is 18.1 Å². The second kappa shape index (κ2) is 15.2. The summed E-state index contributed by atoms with van der Waals surface area (Å²) in [4.78, 5) is 72.9.